The maximum Gasteiger partial charge on any atom is 0.248 e. The van der Waals surface area contributed by atoms with E-state index in [9.17, 15) is 9.59 Å². The monoisotopic (exact) mass is 266 g/mol. The number of aryl methyl sites for hydroxylation is 2. The van der Waals surface area contributed by atoms with Crippen molar-refractivity contribution in [1.29, 1.82) is 0 Å². The third-order valence-electron chi connectivity index (χ3n) is 2.76. The van der Waals surface area contributed by atoms with Crippen molar-refractivity contribution >= 4 is 17.9 Å². The molecule has 0 aliphatic carbocycles. The lowest BCUT2D eigenvalue weighted by Crippen LogP contribution is -2.39. The topological polar surface area (TPSA) is 110 Å². The van der Waals surface area contributed by atoms with Crippen molar-refractivity contribution in [3.05, 3.63) is 23.0 Å². The predicted molar refractivity (Wildman–Crippen MR) is 69.9 cm³/mol. The van der Waals surface area contributed by atoms with Gasteiger partial charge in [0.1, 0.15) is 6.10 Å². The number of carbonyl (C=O) groups excluding carboxylic acids is 2. The van der Waals surface area contributed by atoms with Crippen molar-refractivity contribution < 1.29 is 14.7 Å². The largest absolute Gasteiger partial charge is 0.381 e. The summed E-state index contributed by atoms with van der Waals surface area (Å²) in [5, 5.41) is 15.7. The van der Waals surface area contributed by atoms with Crippen molar-refractivity contribution in [1.82, 2.24) is 15.1 Å². The minimum Gasteiger partial charge on any atom is -0.381 e. The SMILES string of the molecule is Cc1nn(C)c(C)c1/C=C/C(=O)NCC(O)C(N)=O. The number of aliphatic hydroxyl groups excluding tert-OH is 1. The van der Waals surface area contributed by atoms with Gasteiger partial charge >= 0.3 is 0 Å². The van der Waals surface area contributed by atoms with Crippen LogP contribution in [0.4, 0.5) is 0 Å². The van der Waals surface area contributed by atoms with Gasteiger partial charge in [-0.05, 0) is 19.9 Å². The number of carbonyl (C=O) groups is 2. The van der Waals surface area contributed by atoms with Gasteiger partial charge in [-0.1, -0.05) is 0 Å². The molecule has 0 saturated carbocycles. The molecule has 1 heterocycles. The third kappa shape index (κ3) is 3.92. The van der Waals surface area contributed by atoms with Crippen LogP contribution in [0.15, 0.2) is 6.08 Å². The van der Waals surface area contributed by atoms with E-state index in [2.05, 4.69) is 10.4 Å². The van der Waals surface area contributed by atoms with Crippen LogP contribution in [0.1, 0.15) is 17.0 Å². The van der Waals surface area contributed by atoms with Crippen molar-refractivity contribution in [3.63, 3.8) is 0 Å². The molecule has 104 valence electrons. The van der Waals surface area contributed by atoms with Crippen LogP contribution in [0.3, 0.4) is 0 Å². The van der Waals surface area contributed by atoms with Gasteiger partial charge in [-0.3, -0.25) is 14.3 Å². The number of nitrogens with zero attached hydrogens (tertiary/aromatic N) is 2. The van der Waals surface area contributed by atoms with Crippen molar-refractivity contribution in [2.75, 3.05) is 6.54 Å². The number of aromatic nitrogens is 2. The maximum absolute atomic E-state index is 11.5. The minimum atomic E-state index is -1.38. The van der Waals surface area contributed by atoms with Gasteiger partial charge in [0, 0.05) is 24.4 Å². The number of hydrogen-bond donors (Lipinski definition) is 3. The van der Waals surface area contributed by atoms with Crippen LogP contribution in [0, 0.1) is 13.8 Å². The Hall–Kier alpha value is -2.15. The molecule has 7 nitrogen and oxygen atoms in total. The maximum atomic E-state index is 11.5. The van der Waals surface area contributed by atoms with Gasteiger partial charge in [0.25, 0.3) is 0 Å². The molecule has 2 amide bonds. The summed E-state index contributed by atoms with van der Waals surface area (Å²) >= 11 is 0. The Labute approximate surface area is 111 Å². The van der Waals surface area contributed by atoms with Crippen LogP contribution in [-0.2, 0) is 16.6 Å². The molecule has 0 bridgehead atoms. The molecule has 19 heavy (non-hydrogen) atoms. The van der Waals surface area contributed by atoms with Crippen LogP contribution in [0.5, 0.6) is 0 Å². The Morgan fingerprint density at radius 2 is 2.16 bits per heavy atom. The average molecular weight is 266 g/mol. The molecule has 0 fully saturated rings. The molecule has 0 aromatic carbocycles. The zero-order valence-electron chi connectivity index (χ0n) is 11.2. The summed E-state index contributed by atoms with van der Waals surface area (Å²) < 4.78 is 1.73. The van der Waals surface area contributed by atoms with Gasteiger partial charge in [0.15, 0.2) is 0 Å². The van der Waals surface area contributed by atoms with Gasteiger partial charge in [-0.25, -0.2) is 0 Å². The first-order valence-corrected chi connectivity index (χ1v) is 5.76. The van der Waals surface area contributed by atoms with Crippen molar-refractivity contribution in [2.45, 2.75) is 20.0 Å². The Bertz CT molecular complexity index is 519. The first-order valence-electron chi connectivity index (χ1n) is 5.76. The highest BCUT2D eigenvalue weighted by atomic mass is 16.3. The summed E-state index contributed by atoms with van der Waals surface area (Å²) in [6.07, 6.45) is 1.59. The van der Waals surface area contributed by atoms with Crippen LogP contribution >= 0.6 is 0 Å². The summed E-state index contributed by atoms with van der Waals surface area (Å²) in [5.41, 5.74) is 7.49. The molecule has 1 atom stereocenters. The number of aliphatic hydroxyl groups is 1. The lowest BCUT2D eigenvalue weighted by atomic mass is 10.2. The van der Waals surface area contributed by atoms with Gasteiger partial charge in [0.2, 0.25) is 11.8 Å². The van der Waals surface area contributed by atoms with E-state index < -0.39 is 17.9 Å². The molecule has 1 rings (SSSR count). The number of nitrogens with one attached hydrogen (secondary N) is 1. The van der Waals surface area contributed by atoms with E-state index in [0.717, 1.165) is 17.0 Å². The van der Waals surface area contributed by atoms with Crippen molar-refractivity contribution in [2.24, 2.45) is 12.8 Å². The second-order valence-corrected chi connectivity index (χ2v) is 4.20. The molecule has 0 aliphatic rings. The molecule has 1 aromatic heterocycles. The highest BCUT2D eigenvalue weighted by Crippen LogP contribution is 2.13. The minimum absolute atomic E-state index is 0.205. The third-order valence-corrected chi connectivity index (χ3v) is 2.76. The van der Waals surface area contributed by atoms with Crippen LogP contribution in [-0.4, -0.2) is 39.4 Å². The summed E-state index contributed by atoms with van der Waals surface area (Å²) in [4.78, 5) is 22.1. The molecule has 4 N–H and O–H groups in total. The standard InChI is InChI=1S/C12H18N4O3/c1-7-9(8(2)16(3)15-7)4-5-11(18)14-6-10(17)12(13)19/h4-5,10,17H,6H2,1-3H3,(H2,13,19)(H,14,18)/b5-4+. The average Bonchev–Trinajstić information content (AvgIpc) is 2.58. The fraction of sp³-hybridized carbons (Fsp3) is 0.417. The summed E-state index contributed by atoms with van der Waals surface area (Å²) in [6.45, 7) is 3.54. The van der Waals surface area contributed by atoms with Gasteiger partial charge in [-0.2, -0.15) is 5.10 Å². The molecule has 0 aliphatic heterocycles. The van der Waals surface area contributed by atoms with Crippen molar-refractivity contribution in [3.8, 4) is 0 Å². The van der Waals surface area contributed by atoms with E-state index in [4.69, 9.17) is 10.8 Å². The fourth-order valence-corrected chi connectivity index (χ4v) is 1.55. The summed E-state index contributed by atoms with van der Waals surface area (Å²) in [6, 6.07) is 0. The smallest absolute Gasteiger partial charge is 0.248 e. The van der Waals surface area contributed by atoms with E-state index in [1.54, 1.807) is 10.8 Å². The second-order valence-electron chi connectivity index (χ2n) is 4.20. The zero-order chi connectivity index (χ0) is 14.6. The number of hydrogen-bond acceptors (Lipinski definition) is 4. The van der Waals surface area contributed by atoms with Crippen LogP contribution in [0.2, 0.25) is 0 Å². The quantitative estimate of drug-likeness (QED) is 0.594. The predicted octanol–water partition coefficient (Wildman–Crippen LogP) is -0.987. The number of amides is 2. The van der Waals surface area contributed by atoms with Crippen LogP contribution in [0.25, 0.3) is 6.08 Å². The first-order chi connectivity index (χ1) is 8.82. The normalized spacial score (nSPS) is 12.6. The lowest BCUT2D eigenvalue weighted by Gasteiger charge is -2.06. The number of rotatable bonds is 5. The highest BCUT2D eigenvalue weighted by molar-refractivity contribution is 5.92. The van der Waals surface area contributed by atoms with E-state index in [1.807, 2.05) is 20.9 Å². The van der Waals surface area contributed by atoms with Crippen LogP contribution < -0.4 is 11.1 Å². The molecule has 0 spiro atoms. The van der Waals surface area contributed by atoms with E-state index in [0.29, 0.717) is 0 Å². The number of primary amides is 1. The molecule has 1 aromatic rings. The summed E-state index contributed by atoms with van der Waals surface area (Å²) in [5.74, 6) is -1.29. The molecular formula is C12H18N4O3. The first kappa shape index (κ1) is 14.9. The van der Waals surface area contributed by atoms with Gasteiger partial charge in [0.05, 0.1) is 12.2 Å². The molecule has 7 heteroatoms. The lowest BCUT2D eigenvalue weighted by molar-refractivity contribution is -0.126. The van der Waals surface area contributed by atoms with Gasteiger partial charge in [-0.15, -0.1) is 0 Å². The molecule has 0 saturated heterocycles. The highest BCUT2D eigenvalue weighted by Gasteiger charge is 2.11. The van der Waals surface area contributed by atoms with E-state index >= 15 is 0 Å². The van der Waals surface area contributed by atoms with E-state index in [1.165, 1.54) is 6.08 Å². The Morgan fingerprint density at radius 3 is 2.63 bits per heavy atom. The second kappa shape index (κ2) is 6.14. The molecule has 0 radical (unpaired) electrons. The Kier molecular flexibility index (Phi) is 4.82. The van der Waals surface area contributed by atoms with E-state index in [-0.39, 0.29) is 6.54 Å². The summed E-state index contributed by atoms with van der Waals surface area (Å²) in [7, 11) is 1.82. The molecule has 1 unspecified atom stereocenters. The Morgan fingerprint density at radius 1 is 1.53 bits per heavy atom. The Balaban J connectivity index is 2.62. The fourth-order valence-electron chi connectivity index (χ4n) is 1.55. The van der Waals surface area contributed by atoms with Gasteiger partial charge < -0.3 is 16.2 Å². The zero-order valence-corrected chi connectivity index (χ0v) is 11.2. The molecular weight excluding hydrogens is 248 g/mol. The number of nitrogens with two attached hydrogens (primary N) is 1.